The fourth-order valence-corrected chi connectivity index (χ4v) is 5.91. The SMILES string of the molecule is N#Cc1cc(-c2nccc3[nH]c(-c4ccc(N5CCN(C6COC6)CC5)cc4)cc23)ccc1OC1CCOCC1. The molecule has 2 aromatic carbocycles. The fraction of sp³-hybridized carbons (Fsp3) is 0.375. The summed E-state index contributed by atoms with van der Waals surface area (Å²) in [5, 5.41) is 10.9. The number of benzene rings is 2. The first kappa shape index (κ1) is 25.1. The number of fused-ring (bicyclic) bond motifs is 1. The van der Waals surface area contributed by atoms with Crippen LogP contribution in [0.5, 0.6) is 5.75 Å². The molecule has 0 spiro atoms. The number of nitrogens with zero attached hydrogens (tertiary/aromatic N) is 4. The molecule has 0 aliphatic carbocycles. The highest BCUT2D eigenvalue weighted by Gasteiger charge is 2.29. The maximum absolute atomic E-state index is 9.86. The van der Waals surface area contributed by atoms with Crippen LogP contribution < -0.4 is 9.64 Å². The third kappa shape index (κ3) is 4.92. The second-order valence-corrected chi connectivity index (χ2v) is 10.8. The van der Waals surface area contributed by atoms with E-state index in [1.807, 2.05) is 30.5 Å². The van der Waals surface area contributed by atoms with Crippen LogP contribution in [-0.2, 0) is 9.47 Å². The van der Waals surface area contributed by atoms with E-state index < -0.39 is 0 Å². The summed E-state index contributed by atoms with van der Waals surface area (Å²) in [7, 11) is 0. The molecule has 4 aromatic rings. The maximum Gasteiger partial charge on any atom is 0.137 e. The van der Waals surface area contributed by atoms with Crippen LogP contribution in [-0.4, -0.2) is 79.6 Å². The van der Waals surface area contributed by atoms with E-state index in [1.165, 1.54) is 5.69 Å². The number of anilines is 1. The van der Waals surface area contributed by atoms with Crippen LogP contribution in [0.25, 0.3) is 33.4 Å². The third-order valence-corrected chi connectivity index (χ3v) is 8.38. The molecule has 3 fully saturated rings. The molecule has 40 heavy (non-hydrogen) atoms. The second kappa shape index (κ2) is 10.9. The van der Waals surface area contributed by atoms with Crippen molar-refractivity contribution in [1.82, 2.24) is 14.9 Å². The second-order valence-electron chi connectivity index (χ2n) is 10.8. The molecule has 3 aliphatic heterocycles. The van der Waals surface area contributed by atoms with Crippen molar-refractivity contribution in [2.75, 3.05) is 57.5 Å². The molecule has 8 heteroatoms. The summed E-state index contributed by atoms with van der Waals surface area (Å²) in [5.41, 5.74) is 6.73. The van der Waals surface area contributed by atoms with Gasteiger partial charge in [0.25, 0.3) is 0 Å². The van der Waals surface area contributed by atoms with Gasteiger partial charge >= 0.3 is 0 Å². The van der Waals surface area contributed by atoms with E-state index in [0.29, 0.717) is 30.6 Å². The van der Waals surface area contributed by atoms with Gasteiger partial charge in [-0.25, -0.2) is 0 Å². The van der Waals surface area contributed by atoms with Crippen LogP contribution in [0, 0.1) is 11.3 Å². The lowest BCUT2D eigenvalue weighted by atomic mass is 10.0. The average molecular weight is 536 g/mol. The number of pyridine rings is 1. The first-order valence-corrected chi connectivity index (χ1v) is 14.2. The number of hydrogen-bond donors (Lipinski definition) is 1. The molecule has 7 rings (SSSR count). The minimum absolute atomic E-state index is 0.0823. The van der Waals surface area contributed by atoms with Gasteiger partial charge in [0.05, 0.1) is 43.7 Å². The van der Waals surface area contributed by atoms with Crippen molar-refractivity contribution in [3.05, 3.63) is 66.4 Å². The Kier molecular flexibility index (Phi) is 6.86. The van der Waals surface area contributed by atoms with Crippen molar-refractivity contribution in [3.8, 4) is 34.3 Å². The Morgan fingerprint density at radius 2 is 1.68 bits per heavy atom. The lowest BCUT2D eigenvalue weighted by molar-refractivity contribution is -0.0660. The minimum Gasteiger partial charge on any atom is -0.489 e. The van der Waals surface area contributed by atoms with Crippen LogP contribution in [0.4, 0.5) is 5.69 Å². The lowest BCUT2D eigenvalue weighted by Crippen LogP contribution is -2.56. The van der Waals surface area contributed by atoms with E-state index in [0.717, 1.165) is 85.7 Å². The third-order valence-electron chi connectivity index (χ3n) is 8.38. The summed E-state index contributed by atoms with van der Waals surface area (Å²) in [4.78, 5) is 13.3. The summed E-state index contributed by atoms with van der Waals surface area (Å²) in [6.45, 7) is 7.42. The number of nitriles is 1. The molecule has 0 bridgehead atoms. The average Bonchev–Trinajstić information content (AvgIpc) is 3.42. The van der Waals surface area contributed by atoms with Crippen molar-refractivity contribution >= 4 is 16.6 Å². The van der Waals surface area contributed by atoms with E-state index in [1.54, 1.807) is 0 Å². The van der Waals surface area contributed by atoms with Gasteiger partial charge in [-0.2, -0.15) is 5.26 Å². The van der Waals surface area contributed by atoms with E-state index in [4.69, 9.17) is 19.2 Å². The monoisotopic (exact) mass is 535 g/mol. The molecule has 0 amide bonds. The summed E-state index contributed by atoms with van der Waals surface area (Å²) in [5.74, 6) is 0.624. The molecule has 0 radical (unpaired) electrons. The van der Waals surface area contributed by atoms with Crippen LogP contribution in [0.2, 0.25) is 0 Å². The topological polar surface area (TPSA) is 86.6 Å². The molecular weight excluding hydrogens is 502 g/mol. The Hall–Kier alpha value is -3.90. The predicted octanol–water partition coefficient (Wildman–Crippen LogP) is 4.85. The van der Waals surface area contributed by atoms with Gasteiger partial charge in [0, 0.05) is 73.1 Å². The quantitative estimate of drug-likeness (QED) is 0.378. The lowest BCUT2D eigenvalue weighted by Gasteiger charge is -2.43. The van der Waals surface area contributed by atoms with Crippen LogP contribution in [0.3, 0.4) is 0 Å². The van der Waals surface area contributed by atoms with Crippen molar-refractivity contribution in [2.45, 2.75) is 25.0 Å². The molecule has 204 valence electrons. The number of ether oxygens (including phenoxy) is 3. The van der Waals surface area contributed by atoms with Crippen LogP contribution in [0.15, 0.2) is 60.8 Å². The molecule has 3 aliphatic rings. The van der Waals surface area contributed by atoms with Gasteiger partial charge < -0.3 is 24.1 Å². The Bertz CT molecular complexity index is 1520. The first-order valence-electron chi connectivity index (χ1n) is 14.2. The van der Waals surface area contributed by atoms with Crippen LogP contribution >= 0.6 is 0 Å². The number of nitrogens with one attached hydrogen (secondary N) is 1. The zero-order chi connectivity index (χ0) is 26.9. The van der Waals surface area contributed by atoms with E-state index >= 15 is 0 Å². The number of rotatable bonds is 6. The van der Waals surface area contributed by atoms with Gasteiger partial charge in [0.2, 0.25) is 0 Å². The Morgan fingerprint density at radius 1 is 0.900 bits per heavy atom. The van der Waals surface area contributed by atoms with Crippen molar-refractivity contribution in [2.24, 2.45) is 0 Å². The summed E-state index contributed by atoms with van der Waals surface area (Å²) in [6, 6.07) is 21.7. The molecule has 1 N–H and O–H groups in total. The highest BCUT2D eigenvalue weighted by atomic mass is 16.5. The molecule has 3 saturated heterocycles. The summed E-state index contributed by atoms with van der Waals surface area (Å²) in [6.07, 6.45) is 3.58. The summed E-state index contributed by atoms with van der Waals surface area (Å²) < 4.78 is 17.0. The molecule has 2 aromatic heterocycles. The largest absolute Gasteiger partial charge is 0.489 e. The zero-order valence-corrected chi connectivity index (χ0v) is 22.5. The minimum atomic E-state index is 0.0823. The summed E-state index contributed by atoms with van der Waals surface area (Å²) >= 11 is 0. The zero-order valence-electron chi connectivity index (χ0n) is 22.5. The highest BCUT2D eigenvalue weighted by Crippen LogP contribution is 2.34. The number of H-pyrrole nitrogens is 1. The van der Waals surface area contributed by atoms with Crippen molar-refractivity contribution in [3.63, 3.8) is 0 Å². The van der Waals surface area contributed by atoms with Gasteiger partial charge in [-0.3, -0.25) is 9.88 Å². The van der Waals surface area contributed by atoms with Gasteiger partial charge in [-0.15, -0.1) is 0 Å². The van der Waals surface area contributed by atoms with Gasteiger partial charge in [-0.1, -0.05) is 12.1 Å². The van der Waals surface area contributed by atoms with Gasteiger partial charge in [0.1, 0.15) is 17.9 Å². The molecule has 0 unspecified atom stereocenters. The van der Waals surface area contributed by atoms with Crippen molar-refractivity contribution in [1.29, 1.82) is 5.26 Å². The predicted molar refractivity (Wildman–Crippen MR) is 155 cm³/mol. The van der Waals surface area contributed by atoms with Gasteiger partial charge in [-0.05, 0) is 48.0 Å². The maximum atomic E-state index is 9.86. The van der Waals surface area contributed by atoms with Crippen molar-refractivity contribution < 1.29 is 14.2 Å². The number of aromatic amines is 1. The molecular formula is C32H33N5O3. The highest BCUT2D eigenvalue weighted by molar-refractivity contribution is 5.96. The number of hydrogen-bond acceptors (Lipinski definition) is 7. The molecule has 8 nitrogen and oxygen atoms in total. The van der Waals surface area contributed by atoms with Gasteiger partial charge in [0.15, 0.2) is 0 Å². The Balaban J connectivity index is 1.10. The van der Waals surface area contributed by atoms with E-state index in [2.05, 4.69) is 51.2 Å². The molecule has 5 heterocycles. The van der Waals surface area contributed by atoms with E-state index in [9.17, 15) is 5.26 Å². The smallest absolute Gasteiger partial charge is 0.137 e. The molecule has 0 atom stereocenters. The number of aromatic nitrogens is 2. The normalized spacial score (nSPS) is 18.9. The fourth-order valence-electron chi connectivity index (χ4n) is 5.91. The molecule has 0 saturated carbocycles. The standard InChI is InChI=1S/C32H33N5O3/c33-19-24-17-23(3-6-31(24)40-27-8-15-38-16-9-27)32-28-18-30(35-29(28)7-10-34-32)22-1-4-25(5-2-22)36-11-13-37(14-12-36)26-20-39-21-26/h1-7,10,17-18,26-27,35H,8-9,11-16,20-21H2. The van der Waals surface area contributed by atoms with E-state index in [-0.39, 0.29) is 6.10 Å². The van der Waals surface area contributed by atoms with Crippen LogP contribution in [0.1, 0.15) is 18.4 Å². The Morgan fingerprint density at radius 3 is 2.40 bits per heavy atom. The number of piperazine rings is 1. The first-order chi connectivity index (χ1) is 19.7. The Labute approximate surface area is 234 Å².